The maximum absolute atomic E-state index is 13.0. The molecule has 3 unspecified atom stereocenters. The average Bonchev–Trinajstić information content (AvgIpc) is 3.53. The summed E-state index contributed by atoms with van der Waals surface area (Å²) in [6, 6.07) is 0. The third-order valence-corrected chi connectivity index (χ3v) is 13.3. The Balaban J connectivity index is 4.90. The number of carbonyl (C=O) groups is 3. The van der Waals surface area contributed by atoms with Gasteiger partial charge in [0.25, 0.3) is 0 Å². The van der Waals surface area contributed by atoms with Crippen molar-refractivity contribution >= 4 is 25.7 Å². The van der Waals surface area contributed by atoms with E-state index in [1.165, 1.54) is 0 Å². The van der Waals surface area contributed by atoms with Gasteiger partial charge in [-0.25, -0.2) is 4.57 Å². The second kappa shape index (κ2) is 63.6. The van der Waals surface area contributed by atoms with Crippen molar-refractivity contribution in [3.63, 3.8) is 0 Å². The van der Waals surface area contributed by atoms with Crippen molar-refractivity contribution < 1.29 is 52.2 Å². The van der Waals surface area contributed by atoms with Crippen LogP contribution in [-0.2, 0) is 42.2 Å². The molecule has 0 aliphatic heterocycles. The summed E-state index contributed by atoms with van der Waals surface area (Å²) < 4.78 is 39.5. The zero-order valence-corrected chi connectivity index (χ0v) is 52.9. The van der Waals surface area contributed by atoms with E-state index >= 15 is 0 Å². The van der Waals surface area contributed by atoms with Crippen LogP contribution in [0.15, 0.2) is 182 Å². The summed E-state index contributed by atoms with van der Waals surface area (Å²) in [6.07, 6.45) is 87.1. The highest BCUT2D eigenvalue weighted by Gasteiger charge is 2.28. The molecule has 0 rings (SSSR count). The van der Waals surface area contributed by atoms with Gasteiger partial charge in [-0.2, -0.15) is 0 Å². The lowest BCUT2D eigenvalue weighted by Gasteiger charge is -2.21. The van der Waals surface area contributed by atoms with Crippen LogP contribution >= 0.6 is 7.82 Å². The van der Waals surface area contributed by atoms with Crippen LogP contribution in [-0.4, -0.2) is 66.5 Å². The van der Waals surface area contributed by atoms with Crippen LogP contribution in [0.2, 0.25) is 0 Å². The van der Waals surface area contributed by atoms with Gasteiger partial charge in [-0.15, -0.1) is 0 Å². The Morgan fingerprint density at radius 3 is 0.976 bits per heavy atom. The van der Waals surface area contributed by atoms with Gasteiger partial charge in [0, 0.05) is 19.3 Å². The lowest BCUT2D eigenvalue weighted by atomic mass is 10.1. The number of phosphoric acid groups is 1. The third kappa shape index (κ3) is 61.1. The smallest absolute Gasteiger partial charge is 0.462 e. The number of ether oxygens (including phenoxy) is 3. The summed E-state index contributed by atoms with van der Waals surface area (Å²) in [5.41, 5.74) is 0. The molecular formula is C72H111O11P. The number of hydrogen-bond acceptors (Lipinski definition) is 10. The molecule has 12 heteroatoms. The molecule has 0 aromatic heterocycles. The van der Waals surface area contributed by atoms with E-state index in [4.69, 9.17) is 23.3 Å². The fourth-order valence-electron chi connectivity index (χ4n) is 7.63. The minimum Gasteiger partial charge on any atom is -0.462 e. The van der Waals surface area contributed by atoms with Crippen molar-refractivity contribution in [2.24, 2.45) is 0 Å². The van der Waals surface area contributed by atoms with E-state index in [0.29, 0.717) is 25.7 Å². The summed E-state index contributed by atoms with van der Waals surface area (Å²) in [4.78, 5) is 48.7. The lowest BCUT2D eigenvalue weighted by molar-refractivity contribution is -0.161. The Morgan fingerprint density at radius 2 is 0.607 bits per heavy atom. The second-order valence-electron chi connectivity index (χ2n) is 20.1. The van der Waals surface area contributed by atoms with Gasteiger partial charge in [0.2, 0.25) is 0 Å². The van der Waals surface area contributed by atoms with Gasteiger partial charge in [0.15, 0.2) is 6.10 Å². The Morgan fingerprint density at radius 1 is 0.333 bits per heavy atom. The van der Waals surface area contributed by atoms with Crippen molar-refractivity contribution in [3.8, 4) is 0 Å². The number of esters is 3. The normalized spacial score (nSPS) is 14.5. The van der Waals surface area contributed by atoms with Crippen molar-refractivity contribution in [1.82, 2.24) is 0 Å². The zero-order chi connectivity index (χ0) is 61.2. The van der Waals surface area contributed by atoms with Crippen LogP contribution < -0.4 is 0 Å². The molecule has 0 aromatic carbocycles. The first kappa shape index (κ1) is 78.6. The fraction of sp³-hybridized carbons (Fsp3) is 0.542. The summed E-state index contributed by atoms with van der Waals surface area (Å²) >= 11 is 0. The molecule has 0 radical (unpaired) electrons. The highest BCUT2D eigenvalue weighted by molar-refractivity contribution is 7.47. The molecule has 0 saturated carbocycles. The molecule has 3 atom stereocenters. The third-order valence-electron chi connectivity index (χ3n) is 12.3. The molecule has 0 heterocycles. The number of aliphatic hydroxyl groups is 1. The molecule has 11 nitrogen and oxygen atoms in total. The molecule has 2 N–H and O–H groups in total. The first-order valence-electron chi connectivity index (χ1n) is 31.7. The van der Waals surface area contributed by atoms with Crippen LogP contribution in [0.1, 0.15) is 213 Å². The second-order valence-corrected chi connectivity index (χ2v) is 21.5. The van der Waals surface area contributed by atoms with Crippen molar-refractivity contribution in [2.75, 3.05) is 26.4 Å². The molecular weight excluding hydrogens is 1070 g/mol. The molecule has 0 aliphatic carbocycles. The molecule has 0 aliphatic rings. The van der Waals surface area contributed by atoms with E-state index in [1.807, 2.05) is 12.2 Å². The molecule has 0 fully saturated rings. The monoisotopic (exact) mass is 1180 g/mol. The van der Waals surface area contributed by atoms with Crippen LogP contribution in [0.25, 0.3) is 0 Å². The number of carbonyl (C=O) groups excluding carboxylic acids is 3. The van der Waals surface area contributed by atoms with Gasteiger partial charge in [-0.05, 0) is 141 Å². The van der Waals surface area contributed by atoms with Crippen LogP contribution in [0.5, 0.6) is 0 Å². The van der Waals surface area contributed by atoms with E-state index in [1.54, 1.807) is 0 Å². The zero-order valence-electron chi connectivity index (χ0n) is 52.0. The molecule has 470 valence electrons. The summed E-state index contributed by atoms with van der Waals surface area (Å²) in [7, 11) is -4.80. The topological polar surface area (TPSA) is 155 Å². The quantitative estimate of drug-likeness (QED) is 0.0197. The maximum Gasteiger partial charge on any atom is 0.472 e. The molecule has 0 saturated heterocycles. The summed E-state index contributed by atoms with van der Waals surface area (Å²) in [5, 5.41) is 9.86. The van der Waals surface area contributed by atoms with Gasteiger partial charge in [-0.3, -0.25) is 23.4 Å². The first-order chi connectivity index (χ1) is 41.2. The van der Waals surface area contributed by atoms with Gasteiger partial charge in [-0.1, -0.05) is 235 Å². The highest BCUT2D eigenvalue weighted by Crippen LogP contribution is 2.43. The SMILES string of the molecule is CC/C=C\C/C=C\C/C=C\C/C=C\C/C=C\C/C=C\CCC(=O)OC(COC(=O)CCCCC/C=C\C/C=C\C/C=C\C/C=C\C/C=C\CC)COP(=O)(O)OCC(CO)OC(=O)CCCCCCCC/C=C\C/C=C\C/C=C\C/C=C\CC. The minimum absolute atomic E-state index is 0.0224. The summed E-state index contributed by atoms with van der Waals surface area (Å²) in [5.74, 6) is -1.64. The number of unbranched alkanes of at least 4 members (excludes halogenated alkanes) is 9. The van der Waals surface area contributed by atoms with E-state index in [2.05, 4.69) is 191 Å². The fourth-order valence-corrected chi connectivity index (χ4v) is 8.42. The highest BCUT2D eigenvalue weighted by atomic mass is 31.2. The standard InChI is InChI=1S/C72H111O11P/c1-4-7-10-13-16-19-22-25-28-31-34-37-40-43-46-49-52-55-58-61-70(74)79-65-69(83-72(76)63-60-57-54-51-48-45-42-39-36-33-30-27-24-21-18-15-12-9-6-3)67-81-84(77,78)80-66-68(64-73)82-71(75)62-59-56-53-50-47-44-41-38-35-32-29-26-23-20-17-14-11-8-5-2/h7-12,16-21,25-30,34-39,43,45-46,48,54,57,68-69,73H,4-6,13-15,22-24,31-33,40-42,44,47,49-53,55-56,58-67H2,1-3H3,(H,77,78)/b10-7-,11-8-,12-9-,19-16-,20-17-,21-18-,28-25-,29-26-,30-27-,37-34-,38-35-,39-36-,46-43-,48-45-,57-54-. The van der Waals surface area contributed by atoms with Crippen LogP contribution in [0.4, 0.5) is 0 Å². The van der Waals surface area contributed by atoms with E-state index < -0.39 is 64.4 Å². The van der Waals surface area contributed by atoms with Gasteiger partial charge in [0.05, 0.1) is 19.8 Å². The summed E-state index contributed by atoms with van der Waals surface area (Å²) in [6.45, 7) is 4.15. The lowest BCUT2D eigenvalue weighted by Crippen LogP contribution is -2.30. The maximum atomic E-state index is 13.0. The Hall–Kier alpha value is -5.42. The van der Waals surface area contributed by atoms with Crippen molar-refractivity contribution in [1.29, 1.82) is 0 Å². The van der Waals surface area contributed by atoms with E-state index in [0.717, 1.165) is 148 Å². The Bertz CT molecular complexity index is 2110. The molecule has 0 spiro atoms. The van der Waals surface area contributed by atoms with Gasteiger partial charge in [0.1, 0.15) is 12.7 Å². The number of hydrogen-bond donors (Lipinski definition) is 2. The molecule has 84 heavy (non-hydrogen) atoms. The molecule has 0 bridgehead atoms. The van der Waals surface area contributed by atoms with E-state index in [-0.39, 0.29) is 19.3 Å². The van der Waals surface area contributed by atoms with Crippen molar-refractivity contribution in [2.45, 2.75) is 226 Å². The predicted octanol–water partition coefficient (Wildman–Crippen LogP) is 19.6. The van der Waals surface area contributed by atoms with Crippen LogP contribution in [0.3, 0.4) is 0 Å². The Kier molecular flexibility index (Phi) is 59.5. The Labute approximate surface area is 509 Å². The van der Waals surface area contributed by atoms with E-state index in [9.17, 15) is 28.9 Å². The van der Waals surface area contributed by atoms with Crippen molar-refractivity contribution in [3.05, 3.63) is 182 Å². The molecule has 0 aromatic rings. The largest absolute Gasteiger partial charge is 0.472 e. The predicted molar refractivity (Wildman–Crippen MR) is 352 cm³/mol. The average molecular weight is 1180 g/mol. The number of phosphoric ester groups is 1. The number of allylic oxidation sites excluding steroid dienone is 30. The number of rotatable bonds is 56. The minimum atomic E-state index is -4.80. The number of aliphatic hydroxyl groups excluding tert-OH is 1. The first-order valence-corrected chi connectivity index (χ1v) is 33.2. The van der Waals surface area contributed by atoms with Crippen LogP contribution in [0, 0.1) is 0 Å². The van der Waals surface area contributed by atoms with Gasteiger partial charge >= 0.3 is 25.7 Å². The van der Waals surface area contributed by atoms with Gasteiger partial charge < -0.3 is 24.2 Å². The molecule has 0 amide bonds.